The highest BCUT2D eigenvalue weighted by atomic mass is 14.9. The number of rotatable bonds is 0. The van der Waals surface area contributed by atoms with Crippen LogP contribution in [-0.4, -0.2) is 9.13 Å². The molecule has 6 rings (SSSR count). The largest absolute Gasteiger partial charge is 0.350 e. The molecular formula is C26H22N2. The van der Waals surface area contributed by atoms with E-state index >= 15 is 0 Å². The summed E-state index contributed by atoms with van der Waals surface area (Å²) < 4.78 is 4.45. The van der Waals surface area contributed by atoms with Gasteiger partial charge in [-0.3, -0.25) is 0 Å². The van der Waals surface area contributed by atoms with E-state index in [1.54, 1.807) is 0 Å². The second kappa shape index (κ2) is 5.17. The maximum Gasteiger partial charge on any atom is 0.0486 e. The van der Waals surface area contributed by atoms with Crippen molar-refractivity contribution in [3.8, 4) is 0 Å². The monoisotopic (exact) mass is 362 g/mol. The van der Waals surface area contributed by atoms with Crippen LogP contribution in [0.2, 0.25) is 0 Å². The smallest absolute Gasteiger partial charge is 0.0486 e. The minimum absolute atomic E-state index is 1.30. The van der Waals surface area contributed by atoms with Gasteiger partial charge in [0.25, 0.3) is 0 Å². The van der Waals surface area contributed by atoms with Gasteiger partial charge in [-0.1, -0.05) is 24.3 Å². The van der Waals surface area contributed by atoms with Crippen molar-refractivity contribution in [2.24, 2.45) is 14.1 Å². The molecule has 2 heteroatoms. The molecule has 0 N–H and O–H groups in total. The lowest BCUT2D eigenvalue weighted by molar-refractivity contribution is 0.965. The van der Waals surface area contributed by atoms with Gasteiger partial charge in [-0.15, -0.1) is 0 Å². The Morgan fingerprint density at radius 1 is 0.500 bits per heavy atom. The van der Waals surface area contributed by atoms with Gasteiger partial charge >= 0.3 is 0 Å². The number of hydrogen-bond donors (Lipinski definition) is 0. The Hall–Kier alpha value is -3.26. The molecule has 4 aromatic carbocycles. The van der Waals surface area contributed by atoms with E-state index in [2.05, 4.69) is 98.0 Å². The lowest BCUT2D eigenvalue weighted by Gasteiger charge is -2.10. The number of fused-ring (bicyclic) bond motifs is 7. The fourth-order valence-corrected chi connectivity index (χ4v) is 5.02. The van der Waals surface area contributed by atoms with Crippen LogP contribution in [-0.2, 0) is 14.1 Å². The Bertz CT molecular complexity index is 1470. The zero-order valence-corrected chi connectivity index (χ0v) is 16.7. The Morgan fingerprint density at radius 2 is 0.929 bits per heavy atom. The van der Waals surface area contributed by atoms with E-state index in [1.165, 1.54) is 65.3 Å². The van der Waals surface area contributed by atoms with Crippen LogP contribution in [0, 0.1) is 13.8 Å². The van der Waals surface area contributed by atoms with E-state index in [0.717, 1.165) is 0 Å². The molecule has 0 aliphatic rings. The van der Waals surface area contributed by atoms with Crippen molar-refractivity contribution in [1.82, 2.24) is 9.13 Å². The zero-order valence-electron chi connectivity index (χ0n) is 16.7. The summed E-state index contributed by atoms with van der Waals surface area (Å²) in [6.07, 6.45) is 4.44. The standard InChI is InChI=1S/C26H22N2/c1-15-13-27(3)25-9-17-5-8-20-19(23(17)11-21(15)25)7-6-18-10-26-22(12-24(18)20)16(2)14-28(26)4/h5-14H,1-4H3. The molecule has 28 heavy (non-hydrogen) atoms. The van der Waals surface area contributed by atoms with Gasteiger partial charge in [-0.2, -0.15) is 0 Å². The van der Waals surface area contributed by atoms with Crippen molar-refractivity contribution in [1.29, 1.82) is 0 Å². The first kappa shape index (κ1) is 15.8. The molecule has 6 aromatic rings. The second-order valence-corrected chi connectivity index (χ2v) is 8.25. The van der Waals surface area contributed by atoms with Crippen molar-refractivity contribution in [2.75, 3.05) is 0 Å². The predicted molar refractivity (Wildman–Crippen MR) is 121 cm³/mol. The molecule has 0 unspecified atom stereocenters. The van der Waals surface area contributed by atoms with E-state index in [0.29, 0.717) is 0 Å². The first-order valence-corrected chi connectivity index (χ1v) is 9.82. The maximum absolute atomic E-state index is 2.38. The molecule has 0 saturated carbocycles. The van der Waals surface area contributed by atoms with E-state index < -0.39 is 0 Å². The van der Waals surface area contributed by atoms with Crippen molar-refractivity contribution in [3.63, 3.8) is 0 Å². The fourth-order valence-electron chi connectivity index (χ4n) is 5.02. The molecule has 2 nitrogen and oxygen atoms in total. The molecule has 0 bridgehead atoms. The van der Waals surface area contributed by atoms with E-state index in [-0.39, 0.29) is 0 Å². The van der Waals surface area contributed by atoms with Crippen molar-refractivity contribution < 1.29 is 0 Å². The Labute approximate surface area is 163 Å². The molecule has 0 radical (unpaired) electrons. The first-order valence-electron chi connectivity index (χ1n) is 9.82. The fraction of sp³-hybridized carbons (Fsp3) is 0.154. The van der Waals surface area contributed by atoms with Gasteiger partial charge in [0.1, 0.15) is 0 Å². The third-order valence-corrected chi connectivity index (χ3v) is 6.45. The maximum atomic E-state index is 2.38. The average Bonchev–Trinajstić information content (AvgIpc) is 3.13. The second-order valence-electron chi connectivity index (χ2n) is 8.25. The minimum atomic E-state index is 1.30. The van der Waals surface area contributed by atoms with Crippen molar-refractivity contribution >= 4 is 54.1 Å². The molecule has 0 aliphatic carbocycles. The number of aromatic nitrogens is 2. The van der Waals surface area contributed by atoms with Crippen LogP contribution >= 0.6 is 0 Å². The molecule has 0 spiro atoms. The van der Waals surface area contributed by atoms with Crippen LogP contribution in [0.4, 0.5) is 0 Å². The molecule has 0 atom stereocenters. The number of hydrogen-bond acceptors (Lipinski definition) is 0. The van der Waals surface area contributed by atoms with Gasteiger partial charge < -0.3 is 9.13 Å². The van der Waals surface area contributed by atoms with Gasteiger partial charge in [0, 0.05) is 48.3 Å². The number of aryl methyl sites for hydroxylation is 4. The number of benzene rings is 4. The SMILES string of the molecule is Cc1cn(C)c2cc3ccc4c5cc6c(C)cn(C)c6cc5ccc4c3cc12. The highest BCUT2D eigenvalue weighted by molar-refractivity contribution is 6.20. The van der Waals surface area contributed by atoms with Crippen LogP contribution in [0.3, 0.4) is 0 Å². The summed E-state index contributed by atoms with van der Waals surface area (Å²) in [7, 11) is 4.26. The summed E-state index contributed by atoms with van der Waals surface area (Å²) in [6.45, 7) is 4.40. The van der Waals surface area contributed by atoms with Gasteiger partial charge in [-0.05, 0) is 81.6 Å². The zero-order chi connectivity index (χ0) is 19.2. The van der Waals surface area contributed by atoms with Crippen molar-refractivity contribution in [2.45, 2.75) is 13.8 Å². The van der Waals surface area contributed by atoms with Gasteiger partial charge in [0.15, 0.2) is 0 Å². The molecule has 0 amide bonds. The van der Waals surface area contributed by atoms with Crippen molar-refractivity contribution in [3.05, 3.63) is 72.1 Å². The molecule has 0 saturated heterocycles. The number of nitrogens with zero attached hydrogens (tertiary/aromatic N) is 2. The Morgan fingerprint density at radius 3 is 1.36 bits per heavy atom. The molecule has 2 aromatic heterocycles. The summed E-state index contributed by atoms with van der Waals surface area (Å²) >= 11 is 0. The lowest BCUT2D eigenvalue weighted by atomic mass is 9.95. The summed E-state index contributed by atoms with van der Waals surface area (Å²) in [5, 5.41) is 10.6. The predicted octanol–water partition coefficient (Wildman–Crippen LogP) is 6.75. The van der Waals surface area contributed by atoms with Crippen LogP contribution < -0.4 is 0 Å². The highest BCUT2D eigenvalue weighted by Gasteiger charge is 2.11. The molecule has 2 heterocycles. The third kappa shape index (κ3) is 1.92. The van der Waals surface area contributed by atoms with Crippen LogP contribution in [0.1, 0.15) is 11.1 Å². The Kier molecular flexibility index (Phi) is 2.91. The van der Waals surface area contributed by atoms with Gasteiger partial charge in [0.2, 0.25) is 0 Å². The van der Waals surface area contributed by atoms with Crippen LogP contribution in [0.25, 0.3) is 54.1 Å². The summed E-state index contributed by atoms with van der Waals surface area (Å²) in [4.78, 5) is 0. The van der Waals surface area contributed by atoms with E-state index in [1.807, 2.05) is 0 Å². The summed E-state index contributed by atoms with van der Waals surface area (Å²) in [5.74, 6) is 0. The normalized spacial score (nSPS) is 12.3. The Balaban J connectivity index is 1.79. The van der Waals surface area contributed by atoms with E-state index in [9.17, 15) is 0 Å². The van der Waals surface area contributed by atoms with Gasteiger partial charge in [-0.25, -0.2) is 0 Å². The molecule has 0 fully saturated rings. The van der Waals surface area contributed by atoms with E-state index in [4.69, 9.17) is 0 Å². The molecule has 0 aliphatic heterocycles. The molecule has 136 valence electrons. The quantitative estimate of drug-likeness (QED) is 0.265. The topological polar surface area (TPSA) is 9.86 Å². The highest BCUT2D eigenvalue weighted by Crippen LogP contribution is 2.36. The van der Waals surface area contributed by atoms with Gasteiger partial charge in [0.05, 0.1) is 0 Å². The summed E-state index contributed by atoms with van der Waals surface area (Å²) in [6, 6.07) is 18.6. The third-order valence-electron chi connectivity index (χ3n) is 6.45. The van der Waals surface area contributed by atoms with Crippen LogP contribution in [0.5, 0.6) is 0 Å². The average molecular weight is 362 g/mol. The first-order chi connectivity index (χ1) is 13.5. The summed E-state index contributed by atoms with van der Waals surface area (Å²) in [5.41, 5.74) is 5.26. The van der Waals surface area contributed by atoms with Crippen LogP contribution in [0.15, 0.2) is 60.9 Å². The lowest BCUT2D eigenvalue weighted by Crippen LogP contribution is -1.86. The minimum Gasteiger partial charge on any atom is -0.350 e. The molecular weight excluding hydrogens is 340 g/mol.